The second kappa shape index (κ2) is 6.91. The zero-order valence-corrected chi connectivity index (χ0v) is 14.4. The Morgan fingerprint density at radius 3 is 2.84 bits per heavy atom. The van der Waals surface area contributed by atoms with Crippen molar-refractivity contribution in [2.24, 2.45) is 0 Å². The van der Waals surface area contributed by atoms with E-state index in [0.29, 0.717) is 5.82 Å². The molecule has 0 unspecified atom stereocenters. The summed E-state index contributed by atoms with van der Waals surface area (Å²) in [6.07, 6.45) is 0. The Balaban J connectivity index is 1.46. The van der Waals surface area contributed by atoms with E-state index in [2.05, 4.69) is 20.5 Å². The van der Waals surface area contributed by atoms with Crippen molar-refractivity contribution in [3.63, 3.8) is 0 Å². The third-order valence-electron chi connectivity index (χ3n) is 3.35. The van der Waals surface area contributed by atoms with E-state index in [1.165, 1.54) is 16.0 Å². The van der Waals surface area contributed by atoms with Gasteiger partial charge in [-0.1, -0.05) is 18.2 Å². The number of tetrazole rings is 1. The molecule has 4 aromatic rings. The van der Waals surface area contributed by atoms with E-state index in [4.69, 9.17) is 4.74 Å². The van der Waals surface area contributed by atoms with Gasteiger partial charge in [0.05, 0.1) is 5.69 Å². The van der Waals surface area contributed by atoms with Crippen LogP contribution in [0.3, 0.4) is 0 Å². The number of esters is 1. The molecule has 0 radical (unpaired) electrons. The van der Waals surface area contributed by atoms with Gasteiger partial charge >= 0.3 is 5.97 Å². The summed E-state index contributed by atoms with van der Waals surface area (Å²) < 4.78 is 6.84. The van der Waals surface area contributed by atoms with Crippen LogP contribution in [-0.4, -0.2) is 31.2 Å². The van der Waals surface area contributed by atoms with Gasteiger partial charge in [-0.05, 0) is 34.0 Å². The van der Waals surface area contributed by atoms with Crippen LogP contribution in [0.1, 0.15) is 16.3 Å². The lowest BCUT2D eigenvalue weighted by molar-refractivity contribution is 0.0453. The van der Waals surface area contributed by atoms with Crippen molar-refractivity contribution >= 4 is 28.6 Å². The minimum atomic E-state index is -0.500. The van der Waals surface area contributed by atoms with Gasteiger partial charge in [-0.15, -0.1) is 16.4 Å². The third kappa shape index (κ3) is 3.32. The molecule has 1 aromatic carbocycles. The van der Waals surface area contributed by atoms with Crippen LogP contribution in [-0.2, 0) is 11.3 Å². The summed E-state index contributed by atoms with van der Waals surface area (Å²) in [7, 11) is 0. The van der Waals surface area contributed by atoms with Crippen LogP contribution >= 0.6 is 22.7 Å². The van der Waals surface area contributed by atoms with Crippen molar-refractivity contribution in [3.05, 3.63) is 64.1 Å². The zero-order valence-electron chi connectivity index (χ0n) is 12.8. The van der Waals surface area contributed by atoms with Crippen LogP contribution in [0.25, 0.3) is 16.3 Å². The Labute approximate surface area is 150 Å². The number of benzene rings is 1. The number of hydrogen-bond acceptors (Lipinski definition) is 8. The number of ether oxygens (including phenoxy) is 1. The number of nitrogens with zero attached hydrogens (tertiary/aromatic N) is 5. The molecule has 3 aromatic heterocycles. The molecule has 4 rings (SSSR count). The van der Waals surface area contributed by atoms with Crippen molar-refractivity contribution in [1.82, 2.24) is 25.2 Å². The molecule has 0 bridgehead atoms. The Hall–Kier alpha value is -2.91. The minimum Gasteiger partial charge on any atom is -0.453 e. The van der Waals surface area contributed by atoms with Crippen molar-refractivity contribution < 1.29 is 9.53 Å². The largest absolute Gasteiger partial charge is 0.453 e. The van der Waals surface area contributed by atoms with Crippen LogP contribution in [0.2, 0.25) is 0 Å². The average molecular weight is 369 g/mol. The molecule has 7 nitrogen and oxygen atoms in total. The van der Waals surface area contributed by atoms with Crippen molar-refractivity contribution in [2.45, 2.75) is 6.61 Å². The monoisotopic (exact) mass is 369 g/mol. The highest BCUT2D eigenvalue weighted by Gasteiger charge is 2.16. The molecule has 0 saturated heterocycles. The number of hydrogen-bond donors (Lipinski definition) is 0. The van der Waals surface area contributed by atoms with Gasteiger partial charge in [0.1, 0.15) is 5.01 Å². The summed E-state index contributed by atoms with van der Waals surface area (Å²) >= 11 is 2.99. The van der Waals surface area contributed by atoms with Crippen molar-refractivity contribution in [3.8, 4) is 16.3 Å². The smallest absolute Gasteiger partial charge is 0.358 e. The molecule has 9 heteroatoms. The highest BCUT2D eigenvalue weighted by atomic mass is 32.1. The van der Waals surface area contributed by atoms with Gasteiger partial charge in [0, 0.05) is 16.3 Å². The first-order valence-corrected chi connectivity index (χ1v) is 9.11. The molecule has 25 heavy (non-hydrogen) atoms. The fourth-order valence-corrected chi connectivity index (χ4v) is 3.66. The van der Waals surface area contributed by atoms with E-state index < -0.39 is 5.97 Å². The second-order valence-electron chi connectivity index (χ2n) is 4.97. The SMILES string of the molecule is O=C(OCc1nnnn1-c1ccccc1)c1csc(-c2ccsc2)n1. The Morgan fingerprint density at radius 2 is 2.04 bits per heavy atom. The van der Waals surface area contributed by atoms with Crippen LogP contribution < -0.4 is 0 Å². The maximum Gasteiger partial charge on any atom is 0.358 e. The Bertz CT molecular complexity index is 979. The van der Waals surface area contributed by atoms with Gasteiger partial charge in [-0.2, -0.15) is 16.0 Å². The molecule has 0 spiro atoms. The van der Waals surface area contributed by atoms with E-state index in [9.17, 15) is 4.79 Å². The quantitative estimate of drug-likeness (QED) is 0.502. The highest BCUT2D eigenvalue weighted by Crippen LogP contribution is 2.26. The molecule has 3 heterocycles. The predicted octanol–water partition coefficient (Wildman–Crippen LogP) is 3.20. The van der Waals surface area contributed by atoms with E-state index in [-0.39, 0.29) is 12.3 Å². The lowest BCUT2D eigenvalue weighted by atomic mass is 10.3. The van der Waals surface area contributed by atoms with Gasteiger partial charge < -0.3 is 4.74 Å². The molecule has 0 amide bonds. The molecule has 0 aliphatic rings. The van der Waals surface area contributed by atoms with Crippen LogP contribution in [0.15, 0.2) is 52.5 Å². The van der Waals surface area contributed by atoms with Gasteiger partial charge in [0.2, 0.25) is 0 Å². The summed E-state index contributed by atoms with van der Waals surface area (Å²) in [5.74, 6) is -0.0619. The molecule has 0 fully saturated rings. The van der Waals surface area contributed by atoms with Crippen LogP contribution in [0.5, 0.6) is 0 Å². The van der Waals surface area contributed by atoms with E-state index in [1.54, 1.807) is 16.7 Å². The number of carbonyl (C=O) groups is 1. The first kappa shape index (κ1) is 15.6. The Morgan fingerprint density at radius 1 is 1.16 bits per heavy atom. The number of rotatable bonds is 5. The molecular formula is C16H11N5O2S2. The molecule has 124 valence electrons. The van der Waals surface area contributed by atoms with Gasteiger partial charge in [-0.3, -0.25) is 0 Å². The van der Waals surface area contributed by atoms with Crippen LogP contribution in [0, 0.1) is 0 Å². The average Bonchev–Trinajstić information content (AvgIpc) is 3.41. The van der Waals surface area contributed by atoms with Gasteiger partial charge in [-0.25, -0.2) is 9.78 Å². The summed E-state index contributed by atoms with van der Waals surface area (Å²) in [5.41, 5.74) is 2.08. The number of para-hydroxylation sites is 1. The highest BCUT2D eigenvalue weighted by molar-refractivity contribution is 7.14. The lowest BCUT2D eigenvalue weighted by Crippen LogP contribution is -2.10. The van der Waals surface area contributed by atoms with Crippen LogP contribution in [0.4, 0.5) is 0 Å². The molecule has 0 N–H and O–H groups in total. The summed E-state index contributed by atoms with van der Waals surface area (Å²) in [5, 5.41) is 17.9. The summed E-state index contributed by atoms with van der Waals surface area (Å²) in [6, 6.07) is 11.4. The third-order valence-corrected chi connectivity index (χ3v) is 4.92. The zero-order chi connectivity index (χ0) is 17.1. The minimum absolute atomic E-state index is 0.0357. The molecule has 0 saturated carbocycles. The van der Waals surface area contributed by atoms with Gasteiger partial charge in [0.25, 0.3) is 0 Å². The number of thiazole rings is 1. The molecular weight excluding hydrogens is 358 g/mol. The molecule has 0 atom stereocenters. The normalized spacial score (nSPS) is 10.7. The topological polar surface area (TPSA) is 82.8 Å². The van der Waals surface area contributed by atoms with E-state index in [0.717, 1.165) is 16.3 Å². The first-order valence-electron chi connectivity index (χ1n) is 7.29. The van der Waals surface area contributed by atoms with Crippen molar-refractivity contribution in [2.75, 3.05) is 0 Å². The predicted molar refractivity (Wildman–Crippen MR) is 93.7 cm³/mol. The first-order chi connectivity index (χ1) is 12.3. The van der Waals surface area contributed by atoms with E-state index in [1.807, 2.05) is 47.2 Å². The number of thiophene rings is 1. The molecule has 0 aliphatic heterocycles. The van der Waals surface area contributed by atoms with Gasteiger partial charge in [0.15, 0.2) is 18.1 Å². The standard InChI is InChI=1S/C16H11N5O2S2/c22-16(13-10-25-15(17-13)11-6-7-24-9-11)23-8-14-18-19-20-21(14)12-4-2-1-3-5-12/h1-7,9-10H,8H2. The molecule has 0 aliphatic carbocycles. The number of carbonyl (C=O) groups excluding carboxylic acids is 1. The Kier molecular flexibility index (Phi) is 4.32. The fourth-order valence-electron chi connectivity index (χ4n) is 2.16. The lowest BCUT2D eigenvalue weighted by Gasteiger charge is -2.04. The fraction of sp³-hybridized carbons (Fsp3) is 0.0625. The maximum atomic E-state index is 12.2. The number of aromatic nitrogens is 5. The van der Waals surface area contributed by atoms with E-state index >= 15 is 0 Å². The maximum absolute atomic E-state index is 12.2. The summed E-state index contributed by atoms with van der Waals surface area (Å²) in [6.45, 7) is -0.0357. The second-order valence-corrected chi connectivity index (χ2v) is 6.61. The van der Waals surface area contributed by atoms with Crippen molar-refractivity contribution in [1.29, 1.82) is 0 Å². The summed E-state index contributed by atoms with van der Waals surface area (Å²) in [4.78, 5) is 16.5.